The Morgan fingerprint density at radius 1 is 0.458 bits per heavy atom. The van der Waals surface area contributed by atoms with Crippen molar-refractivity contribution in [3.8, 4) is 0 Å². The molecule has 348 valence electrons. The van der Waals surface area contributed by atoms with Crippen molar-refractivity contribution in [2.45, 2.75) is 289 Å². The van der Waals surface area contributed by atoms with Gasteiger partial charge in [-0.05, 0) is 57.8 Å². The quantitative estimate of drug-likeness (QED) is 0.0322. The topological polar surface area (TPSA) is 95.9 Å². The first-order valence-electron chi connectivity index (χ1n) is 26.1. The van der Waals surface area contributed by atoms with Crippen molar-refractivity contribution in [1.29, 1.82) is 0 Å². The number of nitrogens with one attached hydrogen (secondary N) is 1. The number of carbonyl (C=O) groups is 2. The molecular formula is C53H101NO5. The number of aliphatic hydroxyl groups excluding tert-OH is 2. The third kappa shape index (κ3) is 45.7. The van der Waals surface area contributed by atoms with Crippen LogP contribution in [0.1, 0.15) is 277 Å². The monoisotopic (exact) mass is 832 g/mol. The molecule has 0 radical (unpaired) electrons. The Balaban J connectivity index is 3.48. The van der Waals surface area contributed by atoms with Gasteiger partial charge in [-0.3, -0.25) is 9.59 Å². The summed E-state index contributed by atoms with van der Waals surface area (Å²) in [4.78, 5) is 24.5. The van der Waals surface area contributed by atoms with Gasteiger partial charge in [-0.2, -0.15) is 0 Å². The number of allylic oxidation sites excluding steroid dienone is 3. The van der Waals surface area contributed by atoms with E-state index in [0.717, 1.165) is 57.8 Å². The zero-order valence-electron chi connectivity index (χ0n) is 39.5. The van der Waals surface area contributed by atoms with E-state index in [2.05, 4.69) is 31.3 Å². The van der Waals surface area contributed by atoms with Crippen LogP contribution in [0.25, 0.3) is 0 Å². The molecular weight excluding hydrogens is 731 g/mol. The van der Waals surface area contributed by atoms with Gasteiger partial charge in [0.15, 0.2) is 0 Å². The molecule has 0 spiro atoms. The van der Waals surface area contributed by atoms with E-state index in [9.17, 15) is 19.8 Å². The minimum absolute atomic E-state index is 0.0186. The second-order valence-corrected chi connectivity index (χ2v) is 17.9. The van der Waals surface area contributed by atoms with Crippen molar-refractivity contribution < 1.29 is 24.5 Å². The number of hydrogen-bond donors (Lipinski definition) is 3. The summed E-state index contributed by atoms with van der Waals surface area (Å²) in [6.07, 6.45) is 57.5. The summed E-state index contributed by atoms with van der Waals surface area (Å²) in [6.45, 7) is 4.85. The Labute approximate surface area is 367 Å². The maximum atomic E-state index is 12.4. The minimum atomic E-state index is -0.855. The van der Waals surface area contributed by atoms with Crippen molar-refractivity contribution in [2.75, 3.05) is 13.2 Å². The third-order valence-electron chi connectivity index (χ3n) is 12.0. The van der Waals surface area contributed by atoms with E-state index in [1.54, 1.807) is 6.08 Å². The Kier molecular flexibility index (Phi) is 47.6. The molecule has 0 saturated heterocycles. The Bertz CT molecular complexity index is 920. The Morgan fingerprint density at radius 2 is 0.797 bits per heavy atom. The van der Waals surface area contributed by atoms with Gasteiger partial charge in [-0.15, -0.1) is 0 Å². The molecule has 0 aromatic carbocycles. The lowest BCUT2D eigenvalue weighted by Gasteiger charge is -2.20. The smallest absolute Gasteiger partial charge is 0.305 e. The Hall–Kier alpha value is -1.66. The van der Waals surface area contributed by atoms with E-state index >= 15 is 0 Å². The molecule has 2 atom stereocenters. The fraction of sp³-hybridized carbons (Fsp3) is 0.887. The molecule has 0 aromatic rings. The molecule has 0 saturated carbocycles. The fourth-order valence-electron chi connectivity index (χ4n) is 7.92. The molecule has 1 amide bonds. The lowest BCUT2D eigenvalue weighted by molar-refractivity contribution is -0.143. The zero-order chi connectivity index (χ0) is 43.0. The third-order valence-corrected chi connectivity index (χ3v) is 12.0. The van der Waals surface area contributed by atoms with E-state index in [4.69, 9.17) is 4.74 Å². The van der Waals surface area contributed by atoms with Gasteiger partial charge >= 0.3 is 5.97 Å². The number of unbranched alkanes of at least 4 members (excludes halogenated alkanes) is 35. The highest BCUT2D eigenvalue weighted by Crippen LogP contribution is 2.15. The van der Waals surface area contributed by atoms with Crippen LogP contribution in [0.3, 0.4) is 0 Å². The molecule has 6 nitrogen and oxygen atoms in total. The van der Waals surface area contributed by atoms with Crippen LogP contribution in [0.4, 0.5) is 0 Å². The molecule has 59 heavy (non-hydrogen) atoms. The van der Waals surface area contributed by atoms with Gasteiger partial charge in [0.2, 0.25) is 5.91 Å². The van der Waals surface area contributed by atoms with Gasteiger partial charge in [-0.25, -0.2) is 0 Å². The normalized spacial score (nSPS) is 12.8. The maximum absolute atomic E-state index is 12.4. The zero-order valence-corrected chi connectivity index (χ0v) is 39.5. The second-order valence-electron chi connectivity index (χ2n) is 17.9. The number of hydrogen-bond acceptors (Lipinski definition) is 5. The number of carbonyl (C=O) groups excluding carboxylic acids is 2. The number of aliphatic hydroxyl groups is 2. The predicted molar refractivity (Wildman–Crippen MR) is 255 cm³/mol. The second kappa shape index (κ2) is 49.0. The van der Waals surface area contributed by atoms with Crippen molar-refractivity contribution in [3.63, 3.8) is 0 Å². The van der Waals surface area contributed by atoms with Crippen LogP contribution in [-0.4, -0.2) is 47.4 Å². The maximum Gasteiger partial charge on any atom is 0.305 e. The lowest BCUT2D eigenvalue weighted by atomic mass is 10.0. The van der Waals surface area contributed by atoms with Gasteiger partial charge in [-0.1, -0.05) is 231 Å². The van der Waals surface area contributed by atoms with Crippen molar-refractivity contribution in [2.24, 2.45) is 0 Å². The van der Waals surface area contributed by atoms with Crippen LogP contribution in [0, 0.1) is 0 Å². The lowest BCUT2D eigenvalue weighted by Crippen LogP contribution is -2.45. The van der Waals surface area contributed by atoms with E-state index in [0.29, 0.717) is 19.4 Å². The molecule has 0 aliphatic carbocycles. The summed E-state index contributed by atoms with van der Waals surface area (Å²) >= 11 is 0. The van der Waals surface area contributed by atoms with E-state index < -0.39 is 12.1 Å². The first-order valence-corrected chi connectivity index (χ1v) is 26.1. The molecule has 0 aliphatic heterocycles. The summed E-state index contributed by atoms with van der Waals surface area (Å²) in [5.41, 5.74) is 0. The summed E-state index contributed by atoms with van der Waals surface area (Å²) < 4.78 is 5.47. The standard InChI is InChI=1S/C53H101NO5/c1-3-5-7-9-11-13-15-17-18-19-20-21-23-27-31-35-39-43-47-53(58)59-48-44-40-36-32-28-24-26-30-34-38-42-46-52(57)54-50(49-55)51(56)45-41-37-33-29-25-22-16-14-12-10-8-6-4-2/h18-19,41,45,50-51,55-56H,3-17,20-40,42-44,46-49H2,1-2H3,(H,54,57)/b19-18-,45-41+. The number of ether oxygens (including phenoxy) is 1. The first kappa shape index (κ1) is 57.3. The van der Waals surface area contributed by atoms with Gasteiger partial charge in [0.05, 0.1) is 25.4 Å². The SMILES string of the molecule is CCCCCCCCC/C=C\CCCCCCCCCC(=O)OCCCCCCCCCCCCCC(=O)NC(CO)C(O)/C=C/CCCCCCCCCCCCC. The molecule has 0 heterocycles. The average Bonchev–Trinajstić information content (AvgIpc) is 3.24. The van der Waals surface area contributed by atoms with Crippen molar-refractivity contribution in [1.82, 2.24) is 5.32 Å². The fourth-order valence-corrected chi connectivity index (χ4v) is 7.92. The van der Waals surface area contributed by atoms with Gasteiger partial charge < -0.3 is 20.3 Å². The van der Waals surface area contributed by atoms with E-state index in [-0.39, 0.29) is 18.5 Å². The number of esters is 1. The highest BCUT2D eigenvalue weighted by molar-refractivity contribution is 5.76. The summed E-state index contributed by atoms with van der Waals surface area (Å²) in [5.74, 6) is -0.106. The van der Waals surface area contributed by atoms with Crippen molar-refractivity contribution >= 4 is 11.9 Å². The van der Waals surface area contributed by atoms with Crippen LogP contribution < -0.4 is 5.32 Å². The predicted octanol–water partition coefficient (Wildman–Crippen LogP) is 15.5. The van der Waals surface area contributed by atoms with Crippen LogP contribution >= 0.6 is 0 Å². The molecule has 0 bridgehead atoms. The summed E-state index contributed by atoms with van der Waals surface area (Å²) in [6, 6.07) is -0.641. The highest BCUT2D eigenvalue weighted by Gasteiger charge is 2.18. The van der Waals surface area contributed by atoms with Gasteiger partial charge in [0.1, 0.15) is 0 Å². The summed E-state index contributed by atoms with van der Waals surface area (Å²) in [7, 11) is 0. The first-order chi connectivity index (χ1) is 29.0. The molecule has 2 unspecified atom stereocenters. The Morgan fingerprint density at radius 3 is 1.20 bits per heavy atom. The van der Waals surface area contributed by atoms with Gasteiger partial charge in [0, 0.05) is 12.8 Å². The largest absolute Gasteiger partial charge is 0.466 e. The molecule has 0 aliphatic rings. The average molecular weight is 832 g/mol. The van der Waals surface area contributed by atoms with Crippen LogP contribution in [0.5, 0.6) is 0 Å². The minimum Gasteiger partial charge on any atom is -0.466 e. The van der Waals surface area contributed by atoms with Crippen LogP contribution in [0.15, 0.2) is 24.3 Å². The van der Waals surface area contributed by atoms with Crippen LogP contribution in [-0.2, 0) is 14.3 Å². The number of rotatable bonds is 48. The summed E-state index contributed by atoms with van der Waals surface area (Å²) in [5, 5.41) is 23.0. The highest BCUT2D eigenvalue weighted by atomic mass is 16.5. The molecule has 0 fully saturated rings. The van der Waals surface area contributed by atoms with Gasteiger partial charge in [0.25, 0.3) is 0 Å². The molecule has 3 N–H and O–H groups in total. The molecule has 6 heteroatoms. The van der Waals surface area contributed by atoms with Crippen LogP contribution in [0.2, 0.25) is 0 Å². The number of amides is 1. The van der Waals surface area contributed by atoms with E-state index in [1.165, 1.54) is 193 Å². The molecule has 0 aromatic heterocycles. The molecule has 0 rings (SSSR count). The van der Waals surface area contributed by atoms with E-state index in [1.807, 2.05) is 6.08 Å². The van der Waals surface area contributed by atoms with Crippen molar-refractivity contribution in [3.05, 3.63) is 24.3 Å².